The molecule has 0 aliphatic carbocycles. The zero-order chi connectivity index (χ0) is 31.7. The van der Waals surface area contributed by atoms with Crippen molar-refractivity contribution < 1.29 is 35.5 Å². The van der Waals surface area contributed by atoms with E-state index in [4.69, 9.17) is 4.74 Å². The molecule has 1 saturated heterocycles. The maximum absolute atomic E-state index is 14.8. The molecule has 1 atom stereocenters. The number of anilines is 2. The van der Waals surface area contributed by atoms with Gasteiger partial charge in [0.15, 0.2) is 17.4 Å². The first-order chi connectivity index (χ1) is 21.1. The van der Waals surface area contributed by atoms with E-state index in [1.807, 2.05) is 0 Å². The predicted molar refractivity (Wildman–Crippen MR) is 155 cm³/mol. The molecular formula is C29H27F7N6OS. The van der Waals surface area contributed by atoms with E-state index in [2.05, 4.69) is 30.3 Å². The average Bonchev–Trinajstić information content (AvgIpc) is 3.02. The summed E-state index contributed by atoms with van der Waals surface area (Å²) in [7, 11) is 1.61. The Hall–Kier alpha value is -4.11. The number of benzene rings is 2. The zero-order valence-electron chi connectivity index (χ0n) is 23.2. The quantitative estimate of drug-likeness (QED) is 0.102. The minimum absolute atomic E-state index is 0.109. The smallest absolute Gasteiger partial charge is 0.416 e. The molecule has 2 aromatic heterocycles. The summed E-state index contributed by atoms with van der Waals surface area (Å²) in [6.45, 7) is 1.57. The van der Waals surface area contributed by atoms with Gasteiger partial charge in [-0.3, -0.25) is 0 Å². The summed E-state index contributed by atoms with van der Waals surface area (Å²) in [4.78, 5) is 12.3. The largest absolute Gasteiger partial charge is 0.435 e. The van der Waals surface area contributed by atoms with Crippen molar-refractivity contribution >= 4 is 23.6 Å². The summed E-state index contributed by atoms with van der Waals surface area (Å²) in [6, 6.07) is 10.1. The van der Waals surface area contributed by atoms with Gasteiger partial charge in [-0.15, -0.1) is 0 Å². The number of hydrogen-bond acceptors (Lipinski definition) is 8. The van der Waals surface area contributed by atoms with Crippen molar-refractivity contribution in [2.75, 3.05) is 30.2 Å². The lowest BCUT2D eigenvalue weighted by molar-refractivity contribution is -0.138. The van der Waals surface area contributed by atoms with Gasteiger partial charge in [0.05, 0.1) is 16.8 Å². The number of aromatic nitrogens is 3. The molecule has 1 fully saturated rings. The van der Waals surface area contributed by atoms with Gasteiger partial charge in [0.25, 0.3) is 0 Å². The molecule has 1 aliphatic heterocycles. The number of alkyl halides is 4. The van der Waals surface area contributed by atoms with Crippen LogP contribution >= 0.6 is 11.9 Å². The SMILES string of the molecule is CNc1nccc(-c2cccnc2Oc2cc(F)c(NSCc3ccccc3C(F)(F)F)c(F)c2F)n1.FC1CCCNC1. The standard InChI is InChI=1S/C24H17F6N5OS.C5H10FN/c1-31-23-33-10-8-17(34-23)14-6-4-9-32-22(14)36-18-11-16(25)21(20(27)19(18)26)35-37-12-13-5-2-3-7-15(13)24(28,29)30;6-5-2-1-3-7-4-5/h2-11,35H,12H2,1H3,(H,31,33,34);5,7H,1-4H2. The summed E-state index contributed by atoms with van der Waals surface area (Å²) in [5, 5.41) is 5.73. The van der Waals surface area contributed by atoms with Crippen molar-refractivity contribution in [1.82, 2.24) is 20.3 Å². The Labute approximate surface area is 252 Å². The van der Waals surface area contributed by atoms with Crippen molar-refractivity contribution in [3.8, 4) is 22.9 Å². The van der Waals surface area contributed by atoms with Gasteiger partial charge in [0, 0.05) is 37.8 Å². The Morgan fingerprint density at radius 2 is 1.82 bits per heavy atom. The second-order valence-electron chi connectivity index (χ2n) is 9.32. The predicted octanol–water partition coefficient (Wildman–Crippen LogP) is 7.78. The van der Waals surface area contributed by atoms with Crippen molar-refractivity contribution in [3.05, 3.63) is 89.5 Å². The maximum Gasteiger partial charge on any atom is 0.416 e. The monoisotopic (exact) mass is 640 g/mol. The molecule has 1 aliphatic rings. The third-order valence-electron chi connectivity index (χ3n) is 6.22. The molecule has 2 aromatic carbocycles. The normalized spacial score (nSPS) is 14.8. The van der Waals surface area contributed by atoms with Crippen molar-refractivity contribution in [2.45, 2.75) is 30.9 Å². The molecule has 3 heterocycles. The molecule has 3 N–H and O–H groups in total. The van der Waals surface area contributed by atoms with Crippen LogP contribution in [0.4, 0.5) is 42.4 Å². The Morgan fingerprint density at radius 3 is 2.50 bits per heavy atom. The molecule has 5 rings (SSSR count). The summed E-state index contributed by atoms with van der Waals surface area (Å²) in [6.07, 6.45) is -0.600. The summed E-state index contributed by atoms with van der Waals surface area (Å²) >= 11 is 0.570. The molecule has 0 saturated carbocycles. The lowest BCUT2D eigenvalue weighted by Crippen LogP contribution is -2.30. The summed E-state index contributed by atoms with van der Waals surface area (Å²) in [5.74, 6) is -5.29. The second-order valence-corrected chi connectivity index (χ2v) is 10.1. The fourth-order valence-electron chi connectivity index (χ4n) is 4.06. The molecule has 0 amide bonds. The Balaban J connectivity index is 0.000000555. The van der Waals surface area contributed by atoms with Gasteiger partial charge in [-0.05, 0) is 61.2 Å². The molecule has 44 heavy (non-hydrogen) atoms. The van der Waals surface area contributed by atoms with E-state index in [0.29, 0.717) is 41.8 Å². The van der Waals surface area contributed by atoms with E-state index >= 15 is 0 Å². The van der Waals surface area contributed by atoms with Gasteiger partial charge in [0.2, 0.25) is 17.6 Å². The molecule has 0 spiro atoms. The van der Waals surface area contributed by atoms with Crippen LogP contribution in [0.15, 0.2) is 60.9 Å². The number of nitrogens with zero attached hydrogens (tertiary/aromatic N) is 3. The maximum atomic E-state index is 14.8. The number of halogens is 7. The van der Waals surface area contributed by atoms with E-state index in [1.165, 1.54) is 30.6 Å². The van der Waals surface area contributed by atoms with Crippen LogP contribution in [0.5, 0.6) is 11.6 Å². The van der Waals surface area contributed by atoms with Crippen LogP contribution in [0.1, 0.15) is 24.0 Å². The van der Waals surface area contributed by atoms with Gasteiger partial charge in [0.1, 0.15) is 11.9 Å². The van der Waals surface area contributed by atoms with E-state index in [0.717, 1.165) is 25.5 Å². The number of rotatable bonds is 8. The number of hydrogen-bond donors (Lipinski definition) is 3. The number of ether oxygens (including phenoxy) is 1. The summed E-state index contributed by atoms with van der Waals surface area (Å²) in [5.41, 5.74) is -1.19. The number of piperidine rings is 1. The zero-order valence-corrected chi connectivity index (χ0v) is 24.0. The molecule has 0 radical (unpaired) electrons. The van der Waals surface area contributed by atoms with E-state index in [9.17, 15) is 30.7 Å². The molecule has 15 heteroatoms. The van der Waals surface area contributed by atoms with Crippen LogP contribution < -0.4 is 20.1 Å². The van der Waals surface area contributed by atoms with E-state index < -0.39 is 46.8 Å². The molecule has 0 bridgehead atoms. The van der Waals surface area contributed by atoms with Crippen LogP contribution in [-0.2, 0) is 11.9 Å². The molecule has 4 aromatic rings. The Kier molecular flexibility index (Phi) is 11.2. The van der Waals surface area contributed by atoms with Crippen LogP contribution in [-0.4, -0.2) is 41.3 Å². The van der Waals surface area contributed by atoms with Gasteiger partial charge in [-0.2, -0.15) is 17.6 Å². The fourth-order valence-corrected chi connectivity index (χ4v) is 4.87. The van der Waals surface area contributed by atoms with E-state index in [1.54, 1.807) is 25.2 Å². The van der Waals surface area contributed by atoms with Crippen LogP contribution in [0.2, 0.25) is 0 Å². The van der Waals surface area contributed by atoms with Gasteiger partial charge in [-0.1, -0.05) is 18.2 Å². The first kappa shape index (κ1) is 32.8. The molecule has 1 unspecified atom stereocenters. The lowest BCUT2D eigenvalue weighted by Gasteiger charge is -2.15. The first-order valence-electron chi connectivity index (χ1n) is 13.3. The molecular weight excluding hydrogens is 613 g/mol. The van der Waals surface area contributed by atoms with Crippen molar-refractivity contribution in [2.24, 2.45) is 0 Å². The number of nitrogens with one attached hydrogen (secondary N) is 3. The van der Waals surface area contributed by atoms with Crippen LogP contribution in [0, 0.1) is 17.5 Å². The minimum Gasteiger partial charge on any atom is -0.435 e. The molecule has 234 valence electrons. The highest BCUT2D eigenvalue weighted by Gasteiger charge is 2.33. The van der Waals surface area contributed by atoms with Crippen LogP contribution in [0.3, 0.4) is 0 Å². The highest BCUT2D eigenvalue weighted by atomic mass is 32.2. The fraction of sp³-hybridized carbons (Fsp3) is 0.276. The van der Waals surface area contributed by atoms with Gasteiger partial charge in [-0.25, -0.2) is 28.1 Å². The number of pyridine rings is 1. The van der Waals surface area contributed by atoms with Gasteiger partial charge >= 0.3 is 6.18 Å². The first-order valence-corrected chi connectivity index (χ1v) is 14.3. The Bertz CT molecular complexity index is 1550. The third kappa shape index (κ3) is 8.50. The molecule has 7 nitrogen and oxygen atoms in total. The highest BCUT2D eigenvalue weighted by Crippen LogP contribution is 2.37. The third-order valence-corrected chi connectivity index (χ3v) is 7.02. The van der Waals surface area contributed by atoms with Crippen LogP contribution in [0.25, 0.3) is 11.3 Å². The highest BCUT2D eigenvalue weighted by molar-refractivity contribution is 7.99. The second kappa shape index (κ2) is 15.1. The topological polar surface area (TPSA) is 84.0 Å². The van der Waals surface area contributed by atoms with Crippen molar-refractivity contribution in [3.63, 3.8) is 0 Å². The van der Waals surface area contributed by atoms with Gasteiger partial charge < -0.3 is 20.1 Å². The lowest BCUT2D eigenvalue weighted by atomic mass is 10.1. The Morgan fingerprint density at radius 1 is 1.02 bits per heavy atom. The summed E-state index contributed by atoms with van der Waals surface area (Å²) < 4.78 is 104. The average molecular weight is 641 g/mol. The van der Waals surface area contributed by atoms with Crippen molar-refractivity contribution in [1.29, 1.82) is 0 Å². The van der Waals surface area contributed by atoms with E-state index in [-0.39, 0.29) is 17.2 Å². The minimum atomic E-state index is -4.59.